The molecule has 0 aromatic heterocycles. The second-order valence-electron chi connectivity index (χ2n) is 8.77. The van der Waals surface area contributed by atoms with Gasteiger partial charge < -0.3 is 29.5 Å². The number of amides is 1. The fraction of sp³-hybridized carbons (Fsp3) is 0.462. The molecule has 0 spiro atoms. The zero-order valence-electron chi connectivity index (χ0n) is 19.7. The van der Waals surface area contributed by atoms with E-state index in [1.165, 1.54) is 0 Å². The molecule has 0 radical (unpaired) electrons. The number of hydrogen-bond acceptors (Lipinski definition) is 7. The van der Waals surface area contributed by atoms with E-state index in [9.17, 15) is 14.7 Å². The van der Waals surface area contributed by atoms with Crippen LogP contribution in [0.1, 0.15) is 54.1 Å². The van der Waals surface area contributed by atoms with Gasteiger partial charge in [0, 0.05) is 49.3 Å². The number of Topliss-reactive ketones (excluding diaryl/α,β-unsaturated/α-hetero) is 1. The van der Waals surface area contributed by atoms with Crippen LogP contribution < -0.4 is 24.4 Å². The lowest BCUT2D eigenvalue weighted by Crippen LogP contribution is -2.49. The van der Waals surface area contributed by atoms with Gasteiger partial charge in [0.2, 0.25) is 5.91 Å². The Morgan fingerprint density at radius 2 is 1.74 bits per heavy atom. The second-order valence-corrected chi connectivity index (χ2v) is 8.77. The summed E-state index contributed by atoms with van der Waals surface area (Å²) in [6, 6.07) is 10.4. The van der Waals surface area contributed by atoms with E-state index in [0.717, 1.165) is 29.8 Å². The molecule has 8 heteroatoms. The van der Waals surface area contributed by atoms with Crippen molar-refractivity contribution >= 4 is 17.4 Å². The number of benzene rings is 2. The summed E-state index contributed by atoms with van der Waals surface area (Å²) < 4.78 is 16.4. The third-order valence-electron chi connectivity index (χ3n) is 6.34. The summed E-state index contributed by atoms with van der Waals surface area (Å²) in [5.74, 6) is 2.02. The molecule has 0 saturated carbocycles. The van der Waals surface area contributed by atoms with Crippen molar-refractivity contribution in [3.05, 3.63) is 47.5 Å². The number of fused-ring (bicyclic) bond motifs is 2. The van der Waals surface area contributed by atoms with Crippen LogP contribution in [0.15, 0.2) is 36.4 Å². The Morgan fingerprint density at radius 3 is 2.44 bits per heavy atom. The smallest absolute Gasteiger partial charge is 0.220 e. The second kappa shape index (κ2) is 10.8. The molecule has 2 N–H and O–H groups in total. The van der Waals surface area contributed by atoms with Crippen molar-refractivity contribution in [2.24, 2.45) is 0 Å². The minimum absolute atomic E-state index is 0.0932. The number of aliphatic hydroxyl groups excluding tert-OH is 1. The van der Waals surface area contributed by atoms with Crippen molar-refractivity contribution in [3.8, 4) is 17.2 Å². The number of unbranched alkanes of at least 4 members (excludes halogenated alkanes) is 2. The normalized spacial score (nSPS) is 18.7. The molecule has 0 saturated heterocycles. The third-order valence-corrected chi connectivity index (χ3v) is 6.34. The maximum atomic E-state index is 12.5. The van der Waals surface area contributed by atoms with Crippen LogP contribution >= 0.6 is 0 Å². The van der Waals surface area contributed by atoms with Gasteiger partial charge in [-0.3, -0.25) is 9.59 Å². The molecule has 2 aliphatic heterocycles. The number of hydrogen-bond donors (Lipinski definition) is 2. The SMILES string of the molecule is COc1ccc(C(=O)CCCCCC(=O)N[C@H]2CN(C)c3cc4c(cc3[C@@H]2O)OCCO4)cc1. The minimum Gasteiger partial charge on any atom is -0.497 e. The first kappa shape index (κ1) is 23.9. The molecule has 8 nitrogen and oxygen atoms in total. The fourth-order valence-electron chi connectivity index (χ4n) is 4.44. The summed E-state index contributed by atoms with van der Waals surface area (Å²) in [7, 11) is 3.52. The molecular weight excluding hydrogens is 436 g/mol. The lowest BCUT2D eigenvalue weighted by Gasteiger charge is -2.38. The highest BCUT2D eigenvalue weighted by molar-refractivity contribution is 5.96. The molecule has 0 unspecified atom stereocenters. The van der Waals surface area contributed by atoms with Gasteiger partial charge in [-0.15, -0.1) is 0 Å². The molecule has 2 heterocycles. The molecule has 182 valence electrons. The van der Waals surface area contributed by atoms with Crippen molar-refractivity contribution in [1.29, 1.82) is 0 Å². The van der Waals surface area contributed by atoms with Gasteiger partial charge >= 0.3 is 0 Å². The predicted octanol–water partition coefficient (Wildman–Crippen LogP) is 3.27. The molecule has 2 aliphatic rings. The lowest BCUT2D eigenvalue weighted by atomic mass is 9.94. The van der Waals surface area contributed by atoms with E-state index >= 15 is 0 Å². The number of aliphatic hydroxyl groups is 1. The first-order valence-electron chi connectivity index (χ1n) is 11.8. The monoisotopic (exact) mass is 468 g/mol. The van der Waals surface area contributed by atoms with Crippen molar-refractivity contribution in [2.45, 2.75) is 44.2 Å². The summed E-state index contributed by atoms with van der Waals surface area (Å²) in [6.07, 6.45) is 2.19. The number of ketones is 1. The summed E-state index contributed by atoms with van der Waals surface area (Å²) in [6.45, 7) is 1.48. The Morgan fingerprint density at radius 1 is 1.06 bits per heavy atom. The van der Waals surface area contributed by atoms with Crippen LogP contribution in [0.3, 0.4) is 0 Å². The minimum atomic E-state index is -0.826. The quantitative estimate of drug-likeness (QED) is 0.431. The Labute approximate surface area is 199 Å². The van der Waals surface area contributed by atoms with Gasteiger partial charge in [-0.1, -0.05) is 6.42 Å². The molecule has 0 aliphatic carbocycles. The number of carbonyl (C=O) groups excluding carboxylic acids is 2. The highest BCUT2D eigenvalue weighted by atomic mass is 16.6. The third kappa shape index (κ3) is 5.44. The molecule has 0 bridgehead atoms. The summed E-state index contributed by atoms with van der Waals surface area (Å²) in [5, 5.41) is 13.9. The molecule has 1 amide bonds. The fourth-order valence-corrected chi connectivity index (χ4v) is 4.44. The van der Waals surface area contributed by atoms with E-state index in [-0.39, 0.29) is 11.7 Å². The van der Waals surface area contributed by atoms with E-state index < -0.39 is 12.1 Å². The van der Waals surface area contributed by atoms with E-state index in [1.807, 2.05) is 24.1 Å². The van der Waals surface area contributed by atoms with Crippen LogP contribution in [0.2, 0.25) is 0 Å². The number of likely N-dealkylation sites (N-methyl/N-ethyl adjacent to an activating group) is 1. The molecule has 34 heavy (non-hydrogen) atoms. The average Bonchev–Trinajstić information content (AvgIpc) is 2.86. The van der Waals surface area contributed by atoms with Crippen LogP contribution in [0, 0.1) is 0 Å². The van der Waals surface area contributed by atoms with Gasteiger partial charge in [0.15, 0.2) is 17.3 Å². The Balaban J connectivity index is 1.22. The topological polar surface area (TPSA) is 97.3 Å². The number of nitrogens with one attached hydrogen (secondary N) is 1. The van der Waals surface area contributed by atoms with E-state index in [2.05, 4.69) is 5.32 Å². The van der Waals surface area contributed by atoms with Crippen LogP contribution in [0.25, 0.3) is 0 Å². The summed E-state index contributed by atoms with van der Waals surface area (Å²) in [4.78, 5) is 26.8. The zero-order valence-corrected chi connectivity index (χ0v) is 19.7. The van der Waals surface area contributed by atoms with Gasteiger partial charge in [-0.05, 0) is 43.2 Å². The number of anilines is 1. The summed E-state index contributed by atoms with van der Waals surface area (Å²) >= 11 is 0. The van der Waals surface area contributed by atoms with Crippen molar-refractivity contribution in [3.63, 3.8) is 0 Å². The van der Waals surface area contributed by atoms with Gasteiger partial charge in [-0.25, -0.2) is 0 Å². The maximum Gasteiger partial charge on any atom is 0.220 e. The molecule has 0 fully saturated rings. The number of methoxy groups -OCH3 is 1. The van der Waals surface area contributed by atoms with Crippen LogP contribution in [0.4, 0.5) is 5.69 Å². The summed E-state index contributed by atoms with van der Waals surface area (Å²) in [5.41, 5.74) is 2.27. The molecular formula is C26H32N2O6. The van der Waals surface area contributed by atoms with E-state index in [1.54, 1.807) is 31.4 Å². The van der Waals surface area contributed by atoms with E-state index in [0.29, 0.717) is 56.1 Å². The number of carbonyl (C=O) groups is 2. The number of rotatable bonds is 9. The highest BCUT2D eigenvalue weighted by Crippen LogP contribution is 2.42. The van der Waals surface area contributed by atoms with Crippen LogP contribution in [0.5, 0.6) is 17.2 Å². The van der Waals surface area contributed by atoms with Crippen LogP contribution in [-0.2, 0) is 4.79 Å². The van der Waals surface area contributed by atoms with E-state index in [4.69, 9.17) is 14.2 Å². The van der Waals surface area contributed by atoms with Crippen molar-refractivity contribution in [2.75, 3.05) is 38.8 Å². The number of ether oxygens (including phenoxy) is 3. The van der Waals surface area contributed by atoms with Gasteiger partial charge in [0.1, 0.15) is 25.1 Å². The first-order chi connectivity index (χ1) is 16.5. The van der Waals surface area contributed by atoms with Gasteiger partial charge in [-0.2, -0.15) is 0 Å². The van der Waals surface area contributed by atoms with Crippen LogP contribution in [-0.4, -0.2) is 56.8 Å². The standard InChI is InChI=1S/C26H32N2O6/c1-28-16-20(26(31)19-14-23-24(15-21(19)28)34-13-12-33-23)27-25(30)7-5-3-4-6-22(29)17-8-10-18(32-2)11-9-17/h8-11,14-15,20,26,31H,3-7,12-13,16H2,1-2H3,(H,27,30)/t20-,26-/m0/s1. The van der Waals surface area contributed by atoms with Gasteiger partial charge in [0.25, 0.3) is 0 Å². The Kier molecular flexibility index (Phi) is 7.57. The van der Waals surface area contributed by atoms with Gasteiger partial charge in [0.05, 0.1) is 13.2 Å². The van der Waals surface area contributed by atoms with Crippen molar-refractivity contribution in [1.82, 2.24) is 5.32 Å². The average molecular weight is 469 g/mol. The number of nitrogens with zero attached hydrogens (tertiary/aromatic N) is 1. The molecule has 4 rings (SSSR count). The largest absolute Gasteiger partial charge is 0.497 e. The highest BCUT2D eigenvalue weighted by Gasteiger charge is 2.33. The lowest BCUT2D eigenvalue weighted by molar-refractivity contribution is -0.122. The predicted molar refractivity (Wildman–Crippen MR) is 128 cm³/mol. The first-order valence-corrected chi connectivity index (χ1v) is 11.8. The Hall–Kier alpha value is -3.26. The maximum absolute atomic E-state index is 12.5. The zero-order chi connectivity index (χ0) is 24.1. The molecule has 2 aromatic carbocycles. The molecule has 2 atom stereocenters. The Bertz CT molecular complexity index is 1020. The van der Waals surface area contributed by atoms with Crippen molar-refractivity contribution < 1.29 is 28.9 Å². The molecule has 2 aromatic rings.